The van der Waals surface area contributed by atoms with E-state index in [-0.39, 0.29) is 10.2 Å². The molecule has 0 radical (unpaired) electrons. The first-order valence-corrected chi connectivity index (χ1v) is 9.57. The molecule has 4 nitrogen and oxygen atoms in total. The normalized spacial score (nSPS) is 10.1. The van der Waals surface area contributed by atoms with E-state index >= 15 is 0 Å². The molecule has 0 N–H and O–H groups in total. The van der Waals surface area contributed by atoms with E-state index in [2.05, 4.69) is 13.2 Å². The van der Waals surface area contributed by atoms with Crippen molar-refractivity contribution < 1.29 is 19.1 Å². The van der Waals surface area contributed by atoms with Crippen LogP contribution in [0, 0.1) is 0 Å². The zero-order chi connectivity index (χ0) is 20.0. The molecule has 0 saturated heterocycles. The minimum atomic E-state index is -0.504. The van der Waals surface area contributed by atoms with Gasteiger partial charge in [-0.3, -0.25) is 9.59 Å². The van der Waals surface area contributed by atoms with Crippen molar-refractivity contribution in [2.24, 2.45) is 0 Å². The van der Waals surface area contributed by atoms with Gasteiger partial charge in [0, 0.05) is 9.79 Å². The largest absolute Gasteiger partial charge is 0.423 e. The average molecular weight is 399 g/mol. The first-order valence-electron chi connectivity index (χ1n) is 7.94. The maximum Gasteiger partial charge on any atom is 0.343 e. The van der Waals surface area contributed by atoms with Gasteiger partial charge in [-0.25, -0.2) is 4.79 Å². The third-order valence-electron chi connectivity index (χ3n) is 3.24. The van der Waals surface area contributed by atoms with Crippen molar-refractivity contribution in [2.45, 2.75) is 23.6 Å². The minimum Gasteiger partial charge on any atom is -0.423 e. The summed E-state index contributed by atoms with van der Waals surface area (Å²) in [5, 5.41) is -0.226. The fraction of sp³-hybridized carbons (Fsp3) is 0.0952. The molecule has 2 rings (SSSR count). The molecule has 138 valence electrons. The topological polar surface area (TPSA) is 60.4 Å². The molecule has 0 spiro atoms. The minimum absolute atomic E-state index is 0.108. The van der Waals surface area contributed by atoms with Crippen LogP contribution >= 0.6 is 23.5 Å². The van der Waals surface area contributed by atoms with Crippen molar-refractivity contribution in [3.63, 3.8) is 0 Å². The standard InChI is InChI=1S/C21H18O4S2/c1-13(2)20(23)26-17-9-5-15(6-10-17)19(22)25-16-7-11-18(12-8-16)27-21(24)14(3)4/h5-12H,1,3H2,2,4H3. The number of esters is 1. The quantitative estimate of drug-likeness (QED) is 0.285. The highest BCUT2D eigenvalue weighted by Crippen LogP contribution is 2.25. The SMILES string of the molecule is C=C(C)C(=O)Sc1ccc(OC(=O)c2ccc(SC(=O)C(=C)C)cc2)cc1. The Morgan fingerprint density at radius 3 is 1.56 bits per heavy atom. The van der Waals surface area contributed by atoms with Crippen LogP contribution in [0.4, 0.5) is 0 Å². The van der Waals surface area contributed by atoms with Gasteiger partial charge in [0.1, 0.15) is 5.75 Å². The summed E-state index contributed by atoms with van der Waals surface area (Å²) >= 11 is 2.13. The van der Waals surface area contributed by atoms with Crippen LogP contribution in [0.2, 0.25) is 0 Å². The van der Waals surface area contributed by atoms with E-state index in [0.29, 0.717) is 22.5 Å². The van der Waals surface area contributed by atoms with Gasteiger partial charge in [-0.2, -0.15) is 0 Å². The van der Waals surface area contributed by atoms with Crippen molar-refractivity contribution in [3.8, 4) is 5.75 Å². The molecule has 27 heavy (non-hydrogen) atoms. The molecule has 0 aromatic heterocycles. The lowest BCUT2D eigenvalue weighted by Gasteiger charge is -2.06. The highest BCUT2D eigenvalue weighted by atomic mass is 32.2. The first-order chi connectivity index (χ1) is 12.8. The summed E-state index contributed by atoms with van der Waals surface area (Å²) in [5.41, 5.74) is 1.31. The van der Waals surface area contributed by atoms with E-state index in [1.807, 2.05) is 0 Å². The van der Waals surface area contributed by atoms with Gasteiger partial charge >= 0.3 is 5.97 Å². The number of hydrogen-bond acceptors (Lipinski definition) is 6. The van der Waals surface area contributed by atoms with Crippen LogP contribution in [-0.4, -0.2) is 16.2 Å². The smallest absolute Gasteiger partial charge is 0.343 e. The van der Waals surface area contributed by atoms with Gasteiger partial charge in [-0.15, -0.1) is 0 Å². The number of rotatable bonds is 6. The monoisotopic (exact) mass is 398 g/mol. The van der Waals surface area contributed by atoms with Gasteiger partial charge in [0.2, 0.25) is 10.2 Å². The summed E-state index contributed by atoms with van der Waals surface area (Å²) in [4.78, 5) is 37.0. The molecule has 0 bridgehead atoms. The Morgan fingerprint density at radius 1 is 0.741 bits per heavy atom. The summed E-state index contributed by atoms with van der Waals surface area (Å²) in [5.74, 6) is -0.126. The van der Waals surface area contributed by atoms with Crippen LogP contribution < -0.4 is 4.74 Å². The number of thioether (sulfide) groups is 2. The molecule has 0 aliphatic rings. The zero-order valence-corrected chi connectivity index (χ0v) is 16.6. The summed E-state index contributed by atoms with van der Waals surface area (Å²) in [6.07, 6.45) is 0. The highest BCUT2D eigenvalue weighted by Gasteiger charge is 2.11. The Hall–Kier alpha value is -2.57. The molecular weight excluding hydrogens is 380 g/mol. The fourth-order valence-corrected chi connectivity index (χ4v) is 3.11. The van der Waals surface area contributed by atoms with Crippen molar-refractivity contribution in [2.75, 3.05) is 0 Å². The molecular formula is C21H18O4S2. The highest BCUT2D eigenvalue weighted by molar-refractivity contribution is 8.14. The maximum absolute atomic E-state index is 12.2. The van der Waals surface area contributed by atoms with Gasteiger partial charge in [0.05, 0.1) is 5.56 Å². The third-order valence-corrected chi connectivity index (χ3v) is 5.33. The number of benzene rings is 2. The Kier molecular flexibility index (Phi) is 7.21. The van der Waals surface area contributed by atoms with Crippen LogP contribution in [0.25, 0.3) is 0 Å². The molecule has 6 heteroatoms. The van der Waals surface area contributed by atoms with Gasteiger partial charge < -0.3 is 4.74 Å². The maximum atomic E-state index is 12.2. The van der Waals surface area contributed by atoms with Crippen molar-refractivity contribution in [3.05, 3.63) is 78.4 Å². The van der Waals surface area contributed by atoms with Crippen LogP contribution in [-0.2, 0) is 9.59 Å². The molecule has 0 aliphatic carbocycles. The fourth-order valence-electron chi connectivity index (χ4n) is 1.79. The summed E-state index contributed by atoms with van der Waals surface area (Å²) in [6, 6.07) is 13.2. The second-order valence-electron chi connectivity index (χ2n) is 5.73. The lowest BCUT2D eigenvalue weighted by molar-refractivity contribution is -0.108. The third kappa shape index (κ3) is 6.27. The molecule has 0 fully saturated rings. The second-order valence-corrected chi connectivity index (χ2v) is 7.82. The number of hydrogen-bond donors (Lipinski definition) is 0. The summed E-state index contributed by atoms with van der Waals surface area (Å²) in [6.45, 7) is 10.5. The van der Waals surface area contributed by atoms with Gasteiger partial charge in [-0.05, 0) is 97.0 Å². The molecule has 0 amide bonds. The van der Waals surface area contributed by atoms with Crippen molar-refractivity contribution in [1.82, 2.24) is 0 Å². The number of ether oxygens (including phenoxy) is 1. The lowest BCUT2D eigenvalue weighted by Crippen LogP contribution is -2.08. The van der Waals surface area contributed by atoms with Crippen LogP contribution in [0.3, 0.4) is 0 Å². The van der Waals surface area contributed by atoms with E-state index < -0.39 is 5.97 Å². The summed E-state index contributed by atoms with van der Waals surface area (Å²) < 4.78 is 5.33. The molecule has 0 saturated carbocycles. The van der Waals surface area contributed by atoms with Crippen LogP contribution in [0.5, 0.6) is 5.75 Å². The molecule has 2 aromatic rings. The molecule has 2 aromatic carbocycles. The van der Waals surface area contributed by atoms with Crippen molar-refractivity contribution in [1.29, 1.82) is 0 Å². The predicted molar refractivity (Wildman–Crippen MR) is 109 cm³/mol. The van der Waals surface area contributed by atoms with Gasteiger partial charge in [0.25, 0.3) is 0 Å². The Balaban J connectivity index is 1.98. The van der Waals surface area contributed by atoms with Crippen LogP contribution in [0.15, 0.2) is 82.6 Å². The number of carbonyl (C=O) groups is 3. The lowest BCUT2D eigenvalue weighted by atomic mass is 10.2. The van der Waals surface area contributed by atoms with E-state index in [1.165, 1.54) is 0 Å². The second kappa shape index (κ2) is 9.39. The van der Waals surface area contributed by atoms with E-state index in [4.69, 9.17) is 4.74 Å². The van der Waals surface area contributed by atoms with E-state index in [9.17, 15) is 14.4 Å². The number of carbonyl (C=O) groups excluding carboxylic acids is 3. The summed E-state index contributed by atoms with van der Waals surface area (Å²) in [7, 11) is 0. The van der Waals surface area contributed by atoms with E-state index in [0.717, 1.165) is 33.3 Å². The first kappa shape index (κ1) is 20.7. The molecule has 0 aliphatic heterocycles. The Labute approximate surface area is 166 Å². The predicted octanol–water partition coefficient (Wildman–Crippen LogP) is 5.30. The zero-order valence-electron chi connectivity index (χ0n) is 15.0. The molecule has 0 atom stereocenters. The molecule has 0 unspecified atom stereocenters. The van der Waals surface area contributed by atoms with Crippen molar-refractivity contribution >= 4 is 39.7 Å². The Bertz CT molecular complexity index is 897. The van der Waals surface area contributed by atoms with E-state index in [1.54, 1.807) is 62.4 Å². The van der Waals surface area contributed by atoms with Gasteiger partial charge in [-0.1, -0.05) is 13.2 Å². The van der Waals surface area contributed by atoms with Gasteiger partial charge in [0.15, 0.2) is 0 Å². The Morgan fingerprint density at radius 2 is 1.15 bits per heavy atom. The molecule has 0 heterocycles. The van der Waals surface area contributed by atoms with Crippen LogP contribution in [0.1, 0.15) is 24.2 Å². The average Bonchev–Trinajstić information content (AvgIpc) is 2.63.